The van der Waals surface area contributed by atoms with Crippen LogP contribution in [0.2, 0.25) is 0 Å². The Bertz CT molecular complexity index is 780. The molecule has 2 aromatic heterocycles. The van der Waals surface area contributed by atoms with Gasteiger partial charge in [0.25, 0.3) is 0 Å². The highest BCUT2D eigenvalue weighted by Crippen LogP contribution is 2.28. The number of para-hydroxylation sites is 1. The number of hydrogen-bond acceptors (Lipinski definition) is 5. The van der Waals surface area contributed by atoms with E-state index in [2.05, 4.69) is 14.5 Å². The summed E-state index contributed by atoms with van der Waals surface area (Å²) in [6.45, 7) is 4.24. The number of hydrogen-bond donors (Lipinski definition) is 2. The van der Waals surface area contributed by atoms with E-state index in [0.29, 0.717) is 32.1 Å². The quantitative estimate of drug-likeness (QED) is 0.744. The van der Waals surface area contributed by atoms with Gasteiger partial charge in [-0.3, -0.25) is 0 Å². The first-order valence-electron chi connectivity index (χ1n) is 7.07. The average Bonchev–Trinajstić information content (AvgIpc) is 2.85. The SMILES string of the molecule is CCOCc1nc2c(N)nc3ccccc3c2n1CCN. The molecule has 6 nitrogen and oxygen atoms in total. The second-order valence-corrected chi connectivity index (χ2v) is 4.82. The summed E-state index contributed by atoms with van der Waals surface area (Å²) in [5, 5.41) is 1.03. The molecule has 0 saturated heterocycles. The van der Waals surface area contributed by atoms with Crippen molar-refractivity contribution in [3.8, 4) is 0 Å². The number of nitrogen functional groups attached to an aromatic ring is 1. The molecule has 0 atom stereocenters. The fraction of sp³-hybridized carbons (Fsp3) is 0.333. The first-order chi connectivity index (χ1) is 10.3. The van der Waals surface area contributed by atoms with Crippen molar-refractivity contribution >= 4 is 27.8 Å². The highest BCUT2D eigenvalue weighted by atomic mass is 16.5. The summed E-state index contributed by atoms with van der Waals surface area (Å²) in [6, 6.07) is 7.92. The van der Waals surface area contributed by atoms with Gasteiger partial charge in [0.05, 0.1) is 11.0 Å². The maximum Gasteiger partial charge on any atom is 0.152 e. The maximum absolute atomic E-state index is 6.07. The summed E-state index contributed by atoms with van der Waals surface area (Å²) >= 11 is 0. The van der Waals surface area contributed by atoms with E-state index in [1.807, 2.05) is 31.2 Å². The van der Waals surface area contributed by atoms with Gasteiger partial charge in [-0.1, -0.05) is 18.2 Å². The Kier molecular flexibility index (Phi) is 3.72. The lowest BCUT2D eigenvalue weighted by Gasteiger charge is -2.09. The Morgan fingerprint density at radius 3 is 2.81 bits per heavy atom. The summed E-state index contributed by atoms with van der Waals surface area (Å²) in [4.78, 5) is 9.04. The molecular formula is C15H19N5O. The van der Waals surface area contributed by atoms with Crippen molar-refractivity contribution in [3.05, 3.63) is 30.1 Å². The standard InChI is InChI=1S/C15H19N5O/c1-2-21-9-12-19-13-14(20(12)8-7-16)10-5-3-4-6-11(10)18-15(13)17/h3-6H,2,7-9,16H2,1H3,(H2,17,18). The van der Waals surface area contributed by atoms with Crippen LogP contribution in [0, 0.1) is 0 Å². The molecule has 3 aromatic rings. The summed E-state index contributed by atoms with van der Waals surface area (Å²) < 4.78 is 7.59. The first kappa shape index (κ1) is 13.8. The minimum Gasteiger partial charge on any atom is -0.382 e. The zero-order valence-corrected chi connectivity index (χ0v) is 12.0. The molecule has 4 N–H and O–H groups in total. The molecule has 0 radical (unpaired) electrons. The average molecular weight is 285 g/mol. The number of aromatic nitrogens is 3. The van der Waals surface area contributed by atoms with Gasteiger partial charge < -0.3 is 20.8 Å². The van der Waals surface area contributed by atoms with Crippen LogP contribution >= 0.6 is 0 Å². The molecule has 6 heteroatoms. The largest absolute Gasteiger partial charge is 0.382 e. The molecule has 3 rings (SSSR count). The van der Waals surface area contributed by atoms with Crippen LogP contribution in [0.25, 0.3) is 21.9 Å². The summed E-state index contributed by atoms with van der Waals surface area (Å²) in [6.07, 6.45) is 0. The van der Waals surface area contributed by atoms with Crippen LogP contribution < -0.4 is 11.5 Å². The predicted octanol–water partition coefficient (Wildman–Crippen LogP) is 1.66. The molecule has 0 bridgehead atoms. The molecule has 0 spiro atoms. The summed E-state index contributed by atoms with van der Waals surface area (Å²) in [5.41, 5.74) is 14.4. The van der Waals surface area contributed by atoms with Crippen molar-refractivity contribution in [1.82, 2.24) is 14.5 Å². The van der Waals surface area contributed by atoms with Gasteiger partial charge >= 0.3 is 0 Å². The fourth-order valence-corrected chi connectivity index (χ4v) is 2.58. The normalized spacial score (nSPS) is 11.5. The monoisotopic (exact) mass is 285 g/mol. The van der Waals surface area contributed by atoms with E-state index in [-0.39, 0.29) is 0 Å². The molecule has 1 aromatic carbocycles. The van der Waals surface area contributed by atoms with E-state index >= 15 is 0 Å². The van der Waals surface area contributed by atoms with Crippen molar-refractivity contribution in [3.63, 3.8) is 0 Å². The van der Waals surface area contributed by atoms with Gasteiger partial charge in [0.2, 0.25) is 0 Å². The molecule has 2 heterocycles. The molecule has 0 fully saturated rings. The molecule has 0 aliphatic heterocycles. The number of nitrogens with zero attached hydrogens (tertiary/aromatic N) is 3. The van der Waals surface area contributed by atoms with Gasteiger partial charge in [-0.15, -0.1) is 0 Å². The molecule has 0 aliphatic rings. The Morgan fingerprint density at radius 2 is 2.05 bits per heavy atom. The third-order valence-electron chi connectivity index (χ3n) is 3.48. The predicted molar refractivity (Wildman–Crippen MR) is 83.8 cm³/mol. The smallest absolute Gasteiger partial charge is 0.152 e. The van der Waals surface area contributed by atoms with Crippen molar-refractivity contribution < 1.29 is 4.74 Å². The summed E-state index contributed by atoms with van der Waals surface area (Å²) in [7, 11) is 0. The van der Waals surface area contributed by atoms with E-state index in [4.69, 9.17) is 16.2 Å². The highest BCUT2D eigenvalue weighted by molar-refractivity contribution is 6.06. The topological polar surface area (TPSA) is 92.0 Å². The van der Waals surface area contributed by atoms with Crippen molar-refractivity contribution in [2.24, 2.45) is 5.73 Å². The molecule has 21 heavy (non-hydrogen) atoms. The van der Waals surface area contributed by atoms with Crippen LogP contribution in [0.1, 0.15) is 12.7 Å². The Balaban J connectivity index is 2.32. The second kappa shape index (κ2) is 5.67. The summed E-state index contributed by atoms with van der Waals surface area (Å²) in [5.74, 6) is 1.28. The second-order valence-electron chi connectivity index (χ2n) is 4.82. The van der Waals surface area contributed by atoms with Gasteiger partial charge in [0.1, 0.15) is 17.9 Å². The van der Waals surface area contributed by atoms with Crippen LogP contribution in [0.5, 0.6) is 0 Å². The minimum absolute atomic E-state index is 0.442. The molecule has 0 amide bonds. The zero-order chi connectivity index (χ0) is 14.8. The molecular weight excluding hydrogens is 266 g/mol. The Labute approximate surface area is 122 Å². The van der Waals surface area contributed by atoms with Crippen LogP contribution in [-0.2, 0) is 17.9 Å². The van der Waals surface area contributed by atoms with E-state index in [9.17, 15) is 0 Å². The molecule has 0 saturated carbocycles. The van der Waals surface area contributed by atoms with E-state index in [1.165, 1.54) is 0 Å². The van der Waals surface area contributed by atoms with Crippen LogP contribution in [0.15, 0.2) is 24.3 Å². The minimum atomic E-state index is 0.442. The highest BCUT2D eigenvalue weighted by Gasteiger charge is 2.16. The van der Waals surface area contributed by atoms with Crippen LogP contribution in [-0.4, -0.2) is 27.7 Å². The van der Waals surface area contributed by atoms with E-state index < -0.39 is 0 Å². The number of imidazole rings is 1. The molecule has 0 aliphatic carbocycles. The first-order valence-corrected chi connectivity index (χ1v) is 7.07. The number of pyridine rings is 1. The number of anilines is 1. The zero-order valence-electron chi connectivity index (χ0n) is 12.0. The lowest BCUT2D eigenvalue weighted by atomic mass is 10.2. The van der Waals surface area contributed by atoms with Gasteiger partial charge in [-0.25, -0.2) is 9.97 Å². The maximum atomic E-state index is 6.07. The van der Waals surface area contributed by atoms with Gasteiger partial charge in [0.15, 0.2) is 5.82 Å². The van der Waals surface area contributed by atoms with Crippen LogP contribution in [0.3, 0.4) is 0 Å². The molecule has 0 unspecified atom stereocenters. The van der Waals surface area contributed by atoms with Gasteiger partial charge in [0, 0.05) is 25.1 Å². The number of fused-ring (bicyclic) bond motifs is 3. The lowest BCUT2D eigenvalue weighted by molar-refractivity contribution is 0.126. The Hall–Kier alpha value is -2.18. The Morgan fingerprint density at radius 1 is 1.24 bits per heavy atom. The number of nitrogens with two attached hydrogens (primary N) is 2. The van der Waals surface area contributed by atoms with E-state index in [1.54, 1.807) is 0 Å². The van der Waals surface area contributed by atoms with Crippen LogP contribution in [0.4, 0.5) is 5.82 Å². The number of ether oxygens (including phenoxy) is 1. The number of benzene rings is 1. The van der Waals surface area contributed by atoms with Crippen molar-refractivity contribution in [2.75, 3.05) is 18.9 Å². The third-order valence-corrected chi connectivity index (χ3v) is 3.48. The molecule has 110 valence electrons. The van der Waals surface area contributed by atoms with Crippen molar-refractivity contribution in [1.29, 1.82) is 0 Å². The van der Waals surface area contributed by atoms with E-state index in [0.717, 1.165) is 27.8 Å². The third kappa shape index (κ3) is 2.32. The van der Waals surface area contributed by atoms with Gasteiger partial charge in [-0.2, -0.15) is 0 Å². The lowest BCUT2D eigenvalue weighted by Crippen LogP contribution is -2.13. The number of rotatable bonds is 5. The fourth-order valence-electron chi connectivity index (χ4n) is 2.58. The van der Waals surface area contributed by atoms with Gasteiger partial charge in [-0.05, 0) is 13.0 Å². The van der Waals surface area contributed by atoms with Crippen molar-refractivity contribution in [2.45, 2.75) is 20.1 Å².